The highest BCUT2D eigenvalue weighted by atomic mass is 35.5. The van der Waals surface area contributed by atoms with Crippen LogP contribution in [-0.2, 0) is 21.3 Å². The van der Waals surface area contributed by atoms with Gasteiger partial charge in [-0.1, -0.05) is 48.4 Å². The molecule has 0 fully saturated rings. The summed E-state index contributed by atoms with van der Waals surface area (Å²) in [5.41, 5.74) is 1.01. The van der Waals surface area contributed by atoms with Crippen molar-refractivity contribution in [2.45, 2.75) is 25.3 Å². The largest absolute Gasteiger partial charge is 0.383 e. The van der Waals surface area contributed by atoms with Gasteiger partial charge < -0.3 is 9.30 Å². The number of ether oxygens (including phenoxy) is 1. The van der Waals surface area contributed by atoms with Gasteiger partial charge in [-0.2, -0.15) is 9.30 Å². The van der Waals surface area contributed by atoms with E-state index in [1.807, 2.05) is 4.57 Å². The van der Waals surface area contributed by atoms with Crippen LogP contribution in [0.25, 0.3) is 10.2 Å². The molecule has 1 aromatic heterocycles. The van der Waals surface area contributed by atoms with Crippen LogP contribution in [0.4, 0.5) is 0 Å². The van der Waals surface area contributed by atoms with Crippen molar-refractivity contribution in [3.05, 3.63) is 56.8 Å². The van der Waals surface area contributed by atoms with Gasteiger partial charge in [-0.25, -0.2) is 8.42 Å². The number of amides is 1. The molecule has 0 spiro atoms. The number of fused-ring (bicyclic) bond motifs is 1. The third-order valence-electron chi connectivity index (χ3n) is 4.86. The minimum Gasteiger partial charge on any atom is -0.383 e. The van der Waals surface area contributed by atoms with Gasteiger partial charge in [0.05, 0.1) is 26.7 Å². The molecular weight excluding hydrogens is 493 g/mol. The molecule has 1 amide bonds. The van der Waals surface area contributed by atoms with Crippen LogP contribution in [0.1, 0.15) is 24.2 Å². The summed E-state index contributed by atoms with van der Waals surface area (Å²) in [4.78, 5) is 17.7. The maximum atomic E-state index is 12.9. The van der Waals surface area contributed by atoms with Gasteiger partial charge in [-0.3, -0.25) is 4.79 Å². The lowest BCUT2D eigenvalue weighted by Gasteiger charge is -2.18. The smallest absolute Gasteiger partial charge is 0.279 e. The summed E-state index contributed by atoms with van der Waals surface area (Å²) in [6.07, 6.45) is 0. The lowest BCUT2D eigenvalue weighted by molar-refractivity contribution is 0.0997. The van der Waals surface area contributed by atoms with Crippen LogP contribution in [0.2, 0.25) is 10.0 Å². The van der Waals surface area contributed by atoms with E-state index in [2.05, 4.69) is 4.99 Å². The van der Waals surface area contributed by atoms with E-state index in [1.54, 1.807) is 33.1 Å². The number of halogens is 2. The van der Waals surface area contributed by atoms with E-state index < -0.39 is 15.9 Å². The summed E-state index contributed by atoms with van der Waals surface area (Å²) in [5, 5.41) is 0.949. The van der Waals surface area contributed by atoms with Crippen LogP contribution in [0, 0.1) is 0 Å². The van der Waals surface area contributed by atoms with Crippen LogP contribution in [-0.4, -0.2) is 50.0 Å². The average Bonchev–Trinajstić information content (AvgIpc) is 3.09. The van der Waals surface area contributed by atoms with Crippen LogP contribution >= 0.6 is 34.5 Å². The molecule has 172 valence electrons. The zero-order valence-corrected chi connectivity index (χ0v) is 21.0. The molecule has 0 aliphatic carbocycles. The van der Waals surface area contributed by atoms with E-state index in [0.717, 1.165) is 10.2 Å². The maximum Gasteiger partial charge on any atom is 0.279 e. The monoisotopic (exact) mass is 515 g/mol. The zero-order valence-electron chi connectivity index (χ0n) is 17.8. The number of aromatic nitrogens is 1. The van der Waals surface area contributed by atoms with Gasteiger partial charge in [0.15, 0.2) is 4.80 Å². The van der Waals surface area contributed by atoms with Gasteiger partial charge >= 0.3 is 0 Å². The van der Waals surface area contributed by atoms with Crippen molar-refractivity contribution >= 4 is 60.7 Å². The first-order chi connectivity index (χ1) is 15.2. The van der Waals surface area contributed by atoms with Gasteiger partial charge in [-0.15, -0.1) is 0 Å². The second-order valence-corrected chi connectivity index (χ2v) is 10.6. The third-order valence-corrected chi connectivity index (χ3v) is 8.45. The molecule has 3 rings (SSSR count). The Hall–Kier alpha value is -1.75. The molecule has 0 saturated carbocycles. The normalized spacial score (nSPS) is 12.8. The van der Waals surface area contributed by atoms with Crippen molar-refractivity contribution in [2.75, 3.05) is 26.8 Å². The first-order valence-electron chi connectivity index (χ1n) is 9.89. The number of nitrogens with zero attached hydrogens (tertiary/aromatic N) is 3. The average molecular weight is 516 g/mol. The van der Waals surface area contributed by atoms with E-state index in [9.17, 15) is 13.2 Å². The molecule has 0 saturated heterocycles. The summed E-state index contributed by atoms with van der Waals surface area (Å²) in [7, 11) is -2.01. The van der Waals surface area contributed by atoms with E-state index in [1.165, 1.54) is 39.9 Å². The molecule has 1 heterocycles. The summed E-state index contributed by atoms with van der Waals surface area (Å²) >= 11 is 13.8. The Morgan fingerprint density at radius 2 is 1.81 bits per heavy atom. The molecule has 7 nitrogen and oxygen atoms in total. The Morgan fingerprint density at radius 1 is 1.16 bits per heavy atom. The molecule has 0 aliphatic rings. The number of sulfonamides is 1. The van der Waals surface area contributed by atoms with E-state index in [0.29, 0.717) is 41.1 Å². The Balaban J connectivity index is 2.02. The lowest BCUT2D eigenvalue weighted by atomic mass is 10.2. The standard InChI is InChI=1S/C21H23Cl2N3O4S2/c1-4-25(5-2)32(28,29)16-8-6-14(7-9-16)20(27)24-21-26(10-11-30-3)19-17(23)12-15(22)13-18(19)31-21/h6-9,12-13H,4-5,10-11H2,1-3H3. The van der Waals surface area contributed by atoms with Crippen LogP contribution in [0.3, 0.4) is 0 Å². The Bertz CT molecular complexity index is 1300. The highest BCUT2D eigenvalue weighted by molar-refractivity contribution is 7.89. The quantitative estimate of drug-likeness (QED) is 0.444. The summed E-state index contributed by atoms with van der Waals surface area (Å²) < 4.78 is 34.5. The van der Waals surface area contributed by atoms with Crippen molar-refractivity contribution in [1.29, 1.82) is 0 Å². The molecule has 0 aliphatic heterocycles. The molecule has 0 unspecified atom stereocenters. The number of hydrogen-bond acceptors (Lipinski definition) is 5. The number of thiazole rings is 1. The number of methoxy groups -OCH3 is 1. The van der Waals surface area contributed by atoms with Gasteiger partial charge in [-0.05, 0) is 36.4 Å². The highest BCUT2D eigenvalue weighted by Gasteiger charge is 2.21. The fourth-order valence-corrected chi connectivity index (χ4v) is 6.53. The molecule has 0 N–H and O–H groups in total. The Morgan fingerprint density at radius 3 is 2.41 bits per heavy atom. The Kier molecular flexibility index (Phi) is 8.13. The third kappa shape index (κ3) is 5.08. The second kappa shape index (κ2) is 10.5. The van der Waals surface area contributed by atoms with Gasteiger partial charge in [0.25, 0.3) is 5.91 Å². The molecule has 0 bridgehead atoms. The summed E-state index contributed by atoms with van der Waals surface area (Å²) in [6, 6.07) is 9.21. The minimum atomic E-state index is -3.60. The molecule has 32 heavy (non-hydrogen) atoms. The molecular formula is C21H23Cl2N3O4S2. The van der Waals surface area contributed by atoms with Crippen LogP contribution < -0.4 is 4.80 Å². The van der Waals surface area contributed by atoms with E-state index >= 15 is 0 Å². The molecule has 11 heteroatoms. The fourth-order valence-electron chi connectivity index (χ4n) is 3.24. The number of carbonyl (C=O) groups excluding carboxylic acids is 1. The summed E-state index contributed by atoms with van der Waals surface area (Å²) in [6.45, 7) is 5.15. The first kappa shape index (κ1) is 24.9. The number of rotatable bonds is 8. The summed E-state index contributed by atoms with van der Waals surface area (Å²) in [5.74, 6) is -0.489. The Labute approximate surface area is 200 Å². The molecule has 3 aromatic rings. The predicted octanol–water partition coefficient (Wildman–Crippen LogP) is 4.43. The molecule has 0 radical (unpaired) electrons. The molecule has 2 aromatic carbocycles. The van der Waals surface area contributed by atoms with Crippen LogP contribution in [0.5, 0.6) is 0 Å². The number of carbonyl (C=O) groups is 1. The van der Waals surface area contributed by atoms with Gasteiger partial charge in [0, 0.05) is 37.3 Å². The maximum absolute atomic E-state index is 12.9. The minimum absolute atomic E-state index is 0.135. The highest BCUT2D eigenvalue weighted by Crippen LogP contribution is 2.29. The van der Waals surface area contributed by atoms with Crippen molar-refractivity contribution in [3.8, 4) is 0 Å². The van der Waals surface area contributed by atoms with Gasteiger partial charge in [0.1, 0.15) is 0 Å². The lowest BCUT2D eigenvalue weighted by Crippen LogP contribution is -2.30. The fraction of sp³-hybridized carbons (Fsp3) is 0.333. The van der Waals surface area contributed by atoms with E-state index in [-0.39, 0.29) is 10.5 Å². The second-order valence-electron chi connectivity index (χ2n) is 6.79. The van der Waals surface area contributed by atoms with Crippen molar-refractivity contribution in [3.63, 3.8) is 0 Å². The number of benzene rings is 2. The van der Waals surface area contributed by atoms with Gasteiger partial charge in [0.2, 0.25) is 10.0 Å². The van der Waals surface area contributed by atoms with Crippen molar-refractivity contribution in [1.82, 2.24) is 8.87 Å². The SMILES string of the molecule is CCN(CC)S(=O)(=O)c1ccc(C(=O)N=c2sc3cc(Cl)cc(Cl)c3n2CCOC)cc1. The molecule has 0 atom stereocenters. The van der Waals surface area contributed by atoms with E-state index in [4.69, 9.17) is 27.9 Å². The zero-order chi connectivity index (χ0) is 23.5. The van der Waals surface area contributed by atoms with Crippen LogP contribution in [0.15, 0.2) is 46.3 Å². The van der Waals surface area contributed by atoms with Crippen molar-refractivity contribution in [2.24, 2.45) is 4.99 Å². The predicted molar refractivity (Wildman–Crippen MR) is 128 cm³/mol. The van der Waals surface area contributed by atoms with Crippen molar-refractivity contribution < 1.29 is 17.9 Å². The number of hydrogen-bond donors (Lipinski definition) is 0. The topological polar surface area (TPSA) is 81.0 Å². The first-order valence-corrected chi connectivity index (χ1v) is 12.9.